The maximum Gasteiger partial charge on any atom is 0.293 e. The van der Waals surface area contributed by atoms with Gasteiger partial charge >= 0.3 is 0 Å². The van der Waals surface area contributed by atoms with Gasteiger partial charge in [0.05, 0.1) is 21.9 Å². The lowest BCUT2D eigenvalue weighted by Gasteiger charge is -2.12. The highest BCUT2D eigenvalue weighted by molar-refractivity contribution is 8.18. The van der Waals surface area contributed by atoms with Crippen LogP contribution in [-0.2, 0) is 11.3 Å². The molecule has 0 atom stereocenters. The monoisotopic (exact) mass is 454 g/mol. The highest BCUT2D eigenvalue weighted by atomic mass is 35.5. The van der Waals surface area contributed by atoms with Crippen LogP contribution >= 0.6 is 23.4 Å². The molecule has 7 nitrogen and oxygen atoms in total. The summed E-state index contributed by atoms with van der Waals surface area (Å²) < 4.78 is 5.69. The number of carbonyl (C=O) groups excluding carboxylic acids is 2. The molecule has 1 fully saturated rings. The summed E-state index contributed by atoms with van der Waals surface area (Å²) in [5, 5.41) is 11.2. The number of hydrogen-bond donors (Lipinski definition) is 0. The van der Waals surface area contributed by atoms with E-state index in [0.717, 1.165) is 22.9 Å². The fourth-order valence-electron chi connectivity index (χ4n) is 3.08. The second-order valence-electron chi connectivity index (χ2n) is 6.87. The summed E-state index contributed by atoms with van der Waals surface area (Å²) in [7, 11) is 0. The first-order valence-electron chi connectivity index (χ1n) is 9.17. The van der Waals surface area contributed by atoms with Crippen molar-refractivity contribution in [1.29, 1.82) is 0 Å². The second kappa shape index (κ2) is 8.41. The van der Waals surface area contributed by atoms with Crippen LogP contribution in [0.15, 0.2) is 63.9 Å². The molecule has 1 aliphatic heterocycles. The largest absolute Gasteiger partial charge is 0.456 e. The number of amides is 2. The van der Waals surface area contributed by atoms with E-state index in [4.69, 9.17) is 16.0 Å². The molecular weight excluding hydrogens is 440 g/mol. The normalized spacial score (nSPS) is 15.2. The summed E-state index contributed by atoms with van der Waals surface area (Å²) >= 11 is 6.68. The molecule has 2 amide bonds. The lowest BCUT2D eigenvalue weighted by Crippen LogP contribution is -2.27. The number of nitrogens with zero attached hydrogens (tertiary/aromatic N) is 2. The molecule has 0 saturated carbocycles. The third-order valence-corrected chi connectivity index (χ3v) is 5.80. The zero-order valence-corrected chi connectivity index (χ0v) is 17.8. The molecule has 0 N–H and O–H groups in total. The average Bonchev–Trinajstić information content (AvgIpc) is 3.29. The van der Waals surface area contributed by atoms with Crippen LogP contribution in [0.4, 0.5) is 10.5 Å². The highest BCUT2D eigenvalue weighted by Crippen LogP contribution is 2.36. The summed E-state index contributed by atoms with van der Waals surface area (Å²) in [5.74, 6) is 0.152. The molecule has 0 radical (unpaired) electrons. The van der Waals surface area contributed by atoms with Gasteiger partial charge in [-0.25, -0.2) is 0 Å². The van der Waals surface area contributed by atoms with Gasteiger partial charge in [0.2, 0.25) is 0 Å². The minimum atomic E-state index is -0.542. The van der Waals surface area contributed by atoms with Crippen molar-refractivity contribution < 1.29 is 18.9 Å². The van der Waals surface area contributed by atoms with Gasteiger partial charge in [-0.15, -0.1) is 0 Å². The lowest BCUT2D eigenvalue weighted by molar-refractivity contribution is -0.384. The molecule has 2 heterocycles. The zero-order chi connectivity index (χ0) is 22.1. The molecule has 1 saturated heterocycles. The topological polar surface area (TPSA) is 93.7 Å². The SMILES string of the molecule is Cc1ccc(CN2C(=O)S/C(=C/c3ccc(-c4ccc(Cl)cc4[N+](=O)[O-])o3)C2=O)cc1. The Morgan fingerprint density at radius 1 is 1.13 bits per heavy atom. The van der Waals surface area contributed by atoms with Gasteiger partial charge in [0, 0.05) is 17.2 Å². The number of rotatable bonds is 5. The van der Waals surface area contributed by atoms with Crippen LogP contribution < -0.4 is 0 Å². The Labute approximate surface area is 186 Å². The molecule has 1 aromatic heterocycles. The van der Waals surface area contributed by atoms with Crippen molar-refractivity contribution >= 4 is 46.3 Å². The van der Waals surface area contributed by atoms with Gasteiger partial charge < -0.3 is 4.42 Å². The molecule has 3 aromatic rings. The van der Waals surface area contributed by atoms with E-state index < -0.39 is 10.8 Å². The smallest absolute Gasteiger partial charge is 0.293 e. The zero-order valence-electron chi connectivity index (χ0n) is 16.2. The number of imide groups is 1. The number of halogens is 1. The first-order valence-corrected chi connectivity index (χ1v) is 10.4. The maximum atomic E-state index is 12.7. The van der Waals surface area contributed by atoms with E-state index in [1.165, 1.54) is 29.2 Å². The standard InChI is InChI=1S/C22H15ClN2O5S/c1-13-2-4-14(5-3-13)12-24-21(26)20(31-22(24)27)11-16-7-9-19(30-16)17-8-6-15(23)10-18(17)25(28)29/h2-11H,12H2,1H3/b20-11+. The molecule has 2 aromatic carbocycles. The first-order chi connectivity index (χ1) is 14.8. The van der Waals surface area contributed by atoms with E-state index in [9.17, 15) is 19.7 Å². The van der Waals surface area contributed by atoms with Gasteiger partial charge in [0.15, 0.2) is 0 Å². The van der Waals surface area contributed by atoms with E-state index in [2.05, 4.69) is 0 Å². The third-order valence-electron chi connectivity index (χ3n) is 4.66. The number of carbonyl (C=O) groups is 2. The maximum absolute atomic E-state index is 12.7. The van der Waals surface area contributed by atoms with Crippen molar-refractivity contribution in [3.63, 3.8) is 0 Å². The van der Waals surface area contributed by atoms with Gasteiger partial charge in [-0.1, -0.05) is 41.4 Å². The number of benzene rings is 2. The summed E-state index contributed by atoms with van der Waals surface area (Å²) in [6.45, 7) is 2.14. The van der Waals surface area contributed by atoms with Crippen LogP contribution in [0, 0.1) is 17.0 Å². The molecule has 1 aliphatic rings. The average molecular weight is 455 g/mol. The van der Waals surface area contributed by atoms with Gasteiger partial charge in [0.25, 0.3) is 16.8 Å². The molecule has 0 bridgehead atoms. The predicted molar refractivity (Wildman–Crippen MR) is 119 cm³/mol. The van der Waals surface area contributed by atoms with Crippen molar-refractivity contribution in [2.24, 2.45) is 0 Å². The molecule has 0 aliphatic carbocycles. The Hall–Kier alpha value is -3.36. The quantitative estimate of drug-likeness (QED) is 0.264. The summed E-state index contributed by atoms with van der Waals surface area (Å²) in [6.07, 6.45) is 1.46. The van der Waals surface area contributed by atoms with E-state index in [0.29, 0.717) is 5.76 Å². The number of nitro groups is 1. The van der Waals surface area contributed by atoms with E-state index in [1.54, 1.807) is 12.1 Å². The highest BCUT2D eigenvalue weighted by Gasteiger charge is 2.35. The molecule has 156 valence electrons. The predicted octanol–water partition coefficient (Wildman–Crippen LogP) is 6.05. The van der Waals surface area contributed by atoms with Gasteiger partial charge in [-0.05, 0) is 48.5 Å². The number of nitro benzene ring substituents is 1. The molecule has 31 heavy (non-hydrogen) atoms. The van der Waals surface area contributed by atoms with Crippen molar-refractivity contribution in [2.75, 3.05) is 0 Å². The van der Waals surface area contributed by atoms with Gasteiger partial charge in [-0.2, -0.15) is 0 Å². The Morgan fingerprint density at radius 2 is 1.87 bits per heavy atom. The Bertz CT molecular complexity index is 1230. The third kappa shape index (κ3) is 4.40. The minimum Gasteiger partial charge on any atom is -0.456 e. The van der Waals surface area contributed by atoms with E-state index in [1.807, 2.05) is 31.2 Å². The van der Waals surface area contributed by atoms with Crippen LogP contribution in [0.5, 0.6) is 0 Å². The lowest BCUT2D eigenvalue weighted by atomic mass is 10.1. The van der Waals surface area contributed by atoms with Crippen molar-refractivity contribution in [2.45, 2.75) is 13.5 Å². The first kappa shape index (κ1) is 20.9. The van der Waals surface area contributed by atoms with Gasteiger partial charge in [0.1, 0.15) is 11.5 Å². The summed E-state index contributed by atoms with van der Waals surface area (Å²) in [5.41, 5.74) is 2.02. The van der Waals surface area contributed by atoms with Crippen LogP contribution in [0.3, 0.4) is 0 Å². The van der Waals surface area contributed by atoms with Gasteiger partial charge in [-0.3, -0.25) is 24.6 Å². The second-order valence-corrected chi connectivity index (χ2v) is 8.30. The Balaban J connectivity index is 1.57. The van der Waals surface area contributed by atoms with Crippen molar-refractivity contribution in [1.82, 2.24) is 4.90 Å². The molecule has 0 spiro atoms. The molecule has 4 rings (SSSR count). The Morgan fingerprint density at radius 3 is 2.58 bits per heavy atom. The van der Waals surface area contributed by atoms with Crippen LogP contribution in [0.2, 0.25) is 5.02 Å². The number of furan rings is 1. The summed E-state index contributed by atoms with van der Waals surface area (Å²) in [6, 6.07) is 15.0. The fourth-order valence-corrected chi connectivity index (χ4v) is 4.07. The van der Waals surface area contributed by atoms with E-state index >= 15 is 0 Å². The van der Waals surface area contributed by atoms with Crippen molar-refractivity contribution in [3.8, 4) is 11.3 Å². The fraction of sp³-hybridized carbons (Fsp3) is 0.0909. The minimum absolute atomic E-state index is 0.183. The van der Waals surface area contributed by atoms with Crippen LogP contribution in [0.1, 0.15) is 16.9 Å². The molecule has 0 unspecified atom stereocenters. The molecular formula is C22H15ClN2O5S. The number of hydrogen-bond acceptors (Lipinski definition) is 6. The Kier molecular flexibility index (Phi) is 5.67. The number of thioether (sulfide) groups is 1. The molecule has 9 heteroatoms. The van der Waals surface area contributed by atoms with Crippen molar-refractivity contribution in [3.05, 3.63) is 91.5 Å². The summed E-state index contributed by atoms with van der Waals surface area (Å²) in [4.78, 5) is 37.2. The number of aryl methyl sites for hydroxylation is 1. The van der Waals surface area contributed by atoms with Crippen LogP contribution in [-0.4, -0.2) is 21.0 Å². The van der Waals surface area contributed by atoms with E-state index in [-0.39, 0.29) is 38.7 Å². The van der Waals surface area contributed by atoms with Crippen LogP contribution in [0.25, 0.3) is 17.4 Å².